The van der Waals surface area contributed by atoms with Gasteiger partial charge in [0.05, 0.1) is 5.69 Å². The molecule has 0 aliphatic carbocycles. The van der Waals surface area contributed by atoms with E-state index < -0.39 is 0 Å². The number of nitrogens with one attached hydrogen (secondary N) is 1. The Morgan fingerprint density at radius 3 is 2.53 bits per heavy atom. The molecule has 0 saturated heterocycles. The Labute approximate surface area is 87.1 Å². The summed E-state index contributed by atoms with van der Waals surface area (Å²) in [6.07, 6.45) is 0.767. The zero-order chi connectivity index (χ0) is 10.8. The van der Waals surface area contributed by atoms with E-state index in [-0.39, 0.29) is 0 Å². The monoisotopic (exact) mass is 201 g/mol. The van der Waals surface area contributed by atoms with Crippen molar-refractivity contribution in [3.05, 3.63) is 35.5 Å². The molecule has 0 bridgehead atoms. The molecule has 0 aliphatic heterocycles. The number of aromatic nitrogens is 2. The molecule has 2 aromatic rings. The maximum Gasteiger partial charge on any atom is 0.168 e. The summed E-state index contributed by atoms with van der Waals surface area (Å²) in [5.74, 6) is 0. The quantitative estimate of drug-likeness (QED) is 0.574. The van der Waals surface area contributed by atoms with E-state index in [1.165, 1.54) is 0 Å². The van der Waals surface area contributed by atoms with Crippen LogP contribution in [0.1, 0.15) is 16.1 Å². The molecule has 0 saturated carbocycles. The molecule has 0 spiro atoms. The van der Waals surface area contributed by atoms with Crippen molar-refractivity contribution in [1.29, 1.82) is 0 Å². The first-order chi connectivity index (χ1) is 7.22. The van der Waals surface area contributed by atoms with Crippen molar-refractivity contribution in [2.45, 2.75) is 6.92 Å². The fourth-order valence-electron chi connectivity index (χ4n) is 1.45. The lowest BCUT2D eigenvalue weighted by Crippen LogP contribution is -1.86. The summed E-state index contributed by atoms with van der Waals surface area (Å²) in [7, 11) is 0. The van der Waals surface area contributed by atoms with E-state index in [1.54, 1.807) is 0 Å². The molecule has 2 rings (SSSR count). The van der Waals surface area contributed by atoms with Gasteiger partial charge in [0.2, 0.25) is 0 Å². The Kier molecular flexibility index (Phi) is 2.25. The zero-order valence-electron chi connectivity index (χ0n) is 8.32. The van der Waals surface area contributed by atoms with Crippen molar-refractivity contribution < 1.29 is 4.79 Å². The highest BCUT2D eigenvalue weighted by molar-refractivity contribution is 5.79. The highest BCUT2D eigenvalue weighted by Crippen LogP contribution is 2.22. The predicted molar refractivity (Wildman–Crippen MR) is 58.6 cm³/mol. The fraction of sp³-hybridized carbons (Fsp3) is 0.0909. The molecule has 0 atom stereocenters. The third-order valence-corrected chi connectivity index (χ3v) is 2.35. The highest BCUT2D eigenvalue weighted by atomic mass is 16.1. The first-order valence-electron chi connectivity index (χ1n) is 4.58. The standard InChI is InChI=1S/C11H11N3O/c1-7-10(6-15)13-14-11(7)8-2-4-9(12)5-3-8/h2-6H,12H2,1H3,(H,13,14). The summed E-state index contributed by atoms with van der Waals surface area (Å²) in [6, 6.07) is 7.38. The second-order valence-corrected chi connectivity index (χ2v) is 3.35. The van der Waals surface area contributed by atoms with Gasteiger partial charge in [-0.1, -0.05) is 12.1 Å². The summed E-state index contributed by atoms with van der Waals surface area (Å²) < 4.78 is 0. The van der Waals surface area contributed by atoms with Crippen LogP contribution in [0.15, 0.2) is 24.3 Å². The second kappa shape index (κ2) is 3.57. The highest BCUT2D eigenvalue weighted by Gasteiger charge is 2.09. The van der Waals surface area contributed by atoms with Crippen molar-refractivity contribution in [3.8, 4) is 11.3 Å². The minimum absolute atomic E-state index is 0.516. The summed E-state index contributed by atoms with van der Waals surface area (Å²) in [5, 5.41) is 6.78. The molecular weight excluding hydrogens is 190 g/mol. The number of carbonyl (C=O) groups is 1. The van der Waals surface area contributed by atoms with E-state index >= 15 is 0 Å². The molecule has 0 unspecified atom stereocenters. The first kappa shape index (κ1) is 9.45. The number of hydrogen-bond acceptors (Lipinski definition) is 3. The molecule has 4 nitrogen and oxygen atoms in total. The molecular formula is C11H11N3O. The van der Waals surface area contributed by atoms with Crippen LogP contribution in [0.3, 0.4) is 0 Å². The Morgan fingerprint density at radius 1 is 1.33 bits per heavy atom. The van der Waals surface area contributed by atoms with Gasteiger partial charge >= 0.3 is 0 Å². The number of aromatic amines is 1. The fourth-order valence-corrected chi connectivity index (χ4v) is 1.45. The van der Waals surface area contributed by atoms with Crippen LogP contribution in [0.2, 0.25) is 0 Å². The molecule has 0 amide bonds. The molecule has 0 aliphatic rings. The van der Waals surface area contributed by atoms with E-state index in [0.29, 0.717) is 11.4 Å². The van der Waals surface area contributed by atoms with Gasteiger partial charge in [-0.25, -0.2) is 0 Å². The number of nitrogens with zero attached hydrogens (tertiary/aromatic N) is 1. The summed E-state index contributed by atoms with van der Waals surface area (Å²) in [5.41, 5.74) is 9.41. The van der Waals surface area contributed by atoms with Gasteiger partial charge in [-0.3, -0.25) is 9.89 Å². The molecule has 3 N–H and O–H groups in total. The minimum atomic E-state index is 0.516. The second-order valence-electron chi connectivity index (χ2n) is 3.35. The maximum absolute atomic E-state index is 10.6. The zero-order valence-corrected chi connectivity index (χ0v) is 8.32. The van der Waals surface area contributed by atoms with Crippen LogP contribution in [0.5, 0.6) is 0 Å². The van der Waals surface area contributed by atoms with Gasteiger partial charge in [-0.05, 0) is 19.1 Å². The number of carbonyl (C=O) groups excluding carboxylic acids is 1. The van der Waals surface area contributed by atoms with Crippen LogP contribution >= 0.6 is 0 Å². The minimum Gasteiger partial charge on any atom is -0.399 e. The number of hydrogen-bond donors (Lipinski definition) is 2. The number of nitrogen functional groups attached to an aromatic ring is 1. The predicted octanol–water partition coefficient (Wildman–Crippen LogP) is 1.78. The van der Waals surface area contributed by atoms with E-state index in [9.17, 15) is 4.79 Å². The molecule has 15 heavy (non-hydrogen) atoms. The maximum atomic E-state index is 10.6. The van der Waals surface area contributed by atoms with Gasteiger partial charge in [-0.2, -0.15) is 5.10 Å². The van der Waals surface area contributed by atoms with Gasteiger partial charge in [0.1, 0.15) is 5.69 Å². The van der Waals surface area contributed by atoms with Crippen LogP contribution in [0, 0.1) is 6.92 Å². The van der Waals surface area contributed by atoms with Crippen molar-refractivity contribution in [1.82, 2.24) is 10.2 Å². The number of rotatable bonds is 2. The Bertz CT molecular complexity index is 485. The van der Waals surface area contributed by atoms with Crippen molar-refractivity contribution in [2.75, 3.05) is 5.73 Å². The molecule has 0 fully saturated rings. The Hall–Kier alpha value is -2.10. The molecule has 1 aromatic heterocycles. The number of nitrogens with two attached hydrogens (primary N) is 1. The SMILES string of the molecule is Cc1c(-c2ccc(N)cc2)n[nH]c1C=O. The van der Waals surface area contributed by atoms with Crippen molar-refractivity contribution in [2.24, 2.45) is 0 Å². The van der Waals surface area contributed by atoms with Gasteiger partial charge in [-0.15, -0.1) is 0 Å². The van der Waals surface area contributed by atoms with Crippen LogP contribution < -0.4 is 5.73 Å². The number of H-pyrrole nitrogens is 1. The van der Waals surface area contributed by atoms with E-state index in [1.807, 2.05) is 31.2 Å². The third-order valence-electron chi connectivity index (χ3n) is 2.35. The number of benzene rings is 1. The summed E-state index contributed by atoms with van der Waals surface area (Å²) >= 11 is 0. The van der Waals surface area contributed by atoms with Gasteiger partial charge < -0.3 is 5.73 Å². The van der Waals surface area contributed by atoms with E-state index in [2.05, 4.69) is 10.2 Å². The molecule has 4 heteroatoms. The smallest absolute Gasteiger partial charge is 0.168 e. The molecule has 1 aromatic carbocycles. The lowest BCUT2D eigenvalue weighted by molar-refractivity contribution is 0.111. The van der Waals surface area contributed by atoms with Crippen LogP contribution in [-0.4, -0.2) is 16.5 Å². The van der Waals surface area contributed by atoms with E-state index in [4.69, 9.17) is 5.73 Å². The van der Waals surface area contributed by atoms with Crippen LogP contribution in [0.25, 0.3) is 11.3 Å². The average molecular weight is 201 g/mol. The Morgan fingerprint density at radius 2 is 2.00 bits per heavy atom. The summed E-state index contributed by atoms with van der Waals surface area (Å²) in [6.45, 7) is 1.86. The third kappa shape index (κ3) is 1.61. The molecule has 1 heterocycles. The topological polar surface area (TPSA) is 71.8 Å². The largest absolute Gasteiger partial charge is 0.399 e. The van der Waals surface area contributed by atoms with Gasteiger partial charge in [0, 0.05) is 16.8 Å². The lowest BCUT2D eigenvalue weighted by atomic mass is 10.1. The number of anilines is 1. The Balaban J connectivity index is 2.49. The lowest BCUT2D eigenvalue weighted by Gasteiger charge is -1.98. The van der Waals surface area contributed by atoms with Crippen molar-refractivity contribution >= 4 is 12.0 Å². The molecule has 0 radical (unpaired) electrons. The van der Waals surface area contributed by atoms with Gasteiger partial charge in [0.25, 0.3) is 0 Å². The molecule has 76 valence electrons. The average Bonchev–Trinajstić information content (AvgIpc) is 2.61. The van der Waals surface area contributed by atoms with E-state index in [0.717, 1.165) is 23.1 Å². The van der Waals surface area contributed by atoms with Crippen molar-refractivity contribution in [3.63, 3.8) is 0 Å². The summed E-state index contributed by atoms with van der Waals surface area (Å²) in [4.78, 5) is 10.6. The van der Waals surface area contributed by atoms with Gasteiger partial charge in [0.15, 0.2) is 6.29 Å². The van der Waals surface area contributed by atoms with Crippen LogP contribution in [0.4, 0.5) is 5.69 Å². The number of aldehydes is 1. The normalized spacial score (nSPS) is 10.2. The van der Waals surface area contributed by atoms with Crippen LogP contribution in [-0.2, 0) is 0 Å². The first-order valence-corrected chi connectivity index (χ1v) is 4.58.